The fourth-order valence-corrected chi connectivity index (χ4v) is 3.17. The van der Waals surface area contributed by atoms with Crippen molar-refractivity contribution < 1.29 is 18.3 Å². The number of rotatable bonds is 4. The van der Waals surface area contributed by atoms with Crippen molar-refractivity contribution >= 4 is 16.0 Å². The maximum atomic E-state index is 11.4. The molecule has 3 unspecified atom stereocenters. The molecule has 0 heterocycles. The number of carbonyl (C=O) groups is 1. The highest BCUT2D eigenvalue weighted by Crippen LogP contribution is 2.31. The molecule has 1 aliphatic carbocycles. The fourth-order valence-electron chi connectivity index (χ4n) is 1.97. The van der Waals surface area contributed by atoms with Crippen LogP contribution in [-0.4, -0.2) is 31.3 Å². The van der Waals surface area contributed by atoms with Gasteiger partial charge in [-0.1, -0.05) is 13.8 Å². The molecule has 15 heavy (non-hydrogen) atoms. The Morgan fingerprint density at radius 3 is 2.40 bits per heavy atom. The monoisotopic (exact) mass is 235 g/mol. The maximum absolute atomic E-state index is 11.4. The van der Waals surface area contributed by atoms with Crippen LogP contribution in [0.2, 0.25) is 0 Å². The Bertz CT molecular complexity index is 338. The van der Waals surface area contributed by atoms with E-state index in [0.29, 0.717) is 5.92 Å². The fraction of sp³-hybridized carbons (Fsp3) is 0.889. The van der Waals surface area contributed by atoms with Gasteiger partial charge >= 0.3 is 5.97 Å². The molecule has 6 heteroatoms. The number of hydrogen-bond acceptors (Lipinski definition) is 3. The summed E-state index contributed by atoms with van der Waals surface area (Å²) in [6.45, 7) is 4.07. The van der Waals surface area contributed by atoms with Crippen molar-refractivity contribution in [2.75, 3.05) is 5.75 Å². The molecular weight excluding hydrogens is 218 g/mol. The smallest absolute Gasteiger partial charge is 0.320 e. The van der Waals surface area contributed by atoms with Crippen LogP contribution in [0.1, 0.15) is 26.7 Å². The topological polar surface area (TPSA) is 83.5 Å². The molecule has 2 N–H and O–H groups in total. The molecule has 0 radical (unpaired) electrons. The molecule has 0 saturated heterocycles. The lowest BCUT2D eigenvalue weighted by Gasteiger charge is -2.18. The second kappa shape index (κ2) is 4.49. The van der Waals surface area contributed by atoms with E-state index in [1.807, 2.05) is 6.92 Å². The zero-order valence-corrected chi connectivity index (χ0v) is 9.75. The molecular formula is C9H17NO4S. The van der Waals surface area contributed by atoms with Gasteiger partial charge in [0.15, 0.2) is 5.75 Å². The summed E-state index contributed by atoms with van der Waals surface area (Å²) in [4.78, 5) is 10.3. The molecule has 1 rings (SSSR count). The second-order valence-electron chi connectivity index (χ2n) is 4.29. The van der Waals surface area contributed by atoms with Gasteiger partial charge in [-0.2, -0.15) is 0 Å². The summed E-state index contributed by atoms with van der Waals surface area (Å²) in [7, 11) is -3.67. The van der Waals surface area contributed by atoms with E-state index in [-0.39, 0.29) is 12.0 Å². The molecule has 0 aliphatic heterocycles. The van der Waals surface area contributed by atoms with Gasteiger partial charge in [0.25, 0.3) is 0 Å². The van der Waals surface area contributed by atoms with Crippen molar-refractivity contribution in [1.29, 1.82) is 0 Å². The standard InChI is InChI=1S/C9H17NO4S/c1-6-3-4-8(7(6)2)10-15(13,14)5-9(11)12/h6-8,10H,3-5H2,1-2H3,(H,11,12). The van der Waals surface area contributed by atoms with E-state index in [2.05, 4.69) is 11.6 Å². The average molecular weight is 235 g/mol. The van der Waals surface area contributed by atoms with Crippen LogP contribution in [0, 0.1) is 11.8 Å². The molecule has 0 aromatic carbocycles. The molecule has 1 fully saturated rings. The molecule has 5 nitrogen and oxygen atoms in total. The van der Waals surface area contributed by atoms with E-state index >= 15 is 0 Å². The highest BCUT2D eigenvalue weighted by Gasteiger charge is 2.32. The van der Waals surface area contributed by atoms with Gasteiger partial charge in [-0.05, 0) is 24.7 Å². The number of nitrogens with one attached hydrogen (secondary N) is 1. The Morgan fingerprint density at radius 2 is 2.00 bits per heavy atom. The van der Waals surface area contributed by atoms with E-state index in [4.69, 9.17) is 5.11 Å². The molecule has 0 bridgehead atoms. The van der Waals surface area contributed by atoms with Crippen molar-refractivity contribution in [2.24, 2.45) is 11.8 Å². The van der Waals surface area contributed by atoms with Gasteiger partial charge in [0, 0.05) is 6.04 Å². The number of carboxylic acid groups (broad SMARTS) is 1. The minimum absolute atomic E-state index is 0.107. The number of sulfonamides is 1. The first-order chi connectivity index (χ1) is 6.82. The molecule has 0 spiro atoms. The van der Waals surface area contributed by atoms with Crippen LogP contribution in [0.4, 0.5) is 0 Å². The minimum Gasteiger partial charge on any atom is -0.480 e. The highest BCUT2D eigenvalue weighted by atomic mass is 32.2. The second-order valence-corrected chi connectivity index (χ2v) is 6.04. The predicted molar refractivity (Wildman–Crippen MR) is 55.9 cm³/mol. The van der Waals surface area contributed by atoms with Crippen LogP contribution in [0.15, 0.2) is 0 Å². The van der Waals surface area contributed by atoms with E-state index in [9.17, 15) is 13.2 Å². The summed E-state index contributed by atoms with van der Waals surface area (Å²) in [6.07, 6.45) is 1.78. The lowest BCUT2D eigenvalue weighted by molar-refractivity contribution is -0.134. The SMILES string of the molecule is CC1CCC(NS(=O)(=O)CC(=O)O)C1C. The lowest BCUT2D eigenvalue weighted by atomic mass is 9.98. The summed E-state index contributed by atoms with van der Waals surface area (Å²) < 4.78 is 25.2. The molecule has 1 aliphatic rings. The van der Waals surface area contributed by atoms with E-state index in [1.54, 1.807) is 0 Å². The van der Waals surface area contributed by atoms with Crippen molar-refractivity contribution in [3.8, 4) is 0 Å². The summed E-state index contributed by atoms with van der Waals surface area (Å²) in [5.41, 5.74) is 0. The van der Waals surface area contributed by atoms with E-state index < -0.39 is 21.7 Å². The van der Waals surface area contributed by atoms with Gasteiger partial charge in [0.2, 0.25) is 10.0 Å². The van der Waals surface area contributed by atoms with Crippen molar-refractivity contribution in [2.45, 2.75) is 32.7 Å². The van der Waals surface area contributed by atoms with E-state index in [1.165, 1.54) is 0 Å². The quantitative estimate of drug-likeness (QED) is 0.740. The van der Waals surface area contributed by atoms with Crippen LogP contribution in [0.3, 0.4) is 0 Å². The van der Waals surface area contributed by atoms with E-state index in [0.717, 1.165) is 12.8 Å². The predicted octanol–water partition coefficient (Wildman–Crippen LogP) is 0.425. The minimum atomic E-state index is -3.67. The average Bonchev–Trinajstić information content (AvgIpc) is 2.33. The summed E-state index contributed by atoms with van der Waals surface area (Å²) in [6, 6.07) is -0.107. The zero-order valence-electron chi connectivity index (χ0n) is 8.93. The van der Waals surface area contributed by atoms with Gasteiger partial charge in [-0.25, -0.2) is 13.1 Å². The maximum Gasteiger partial charge on any atom is 0.320 e. The van der Waals surface area contributed by atoms with Gasteiger partial charge in [0.05, 0.1) is 0 Å². The third-order valence-electron chi connectivity index (χ3n) is 3.11. The Hall–Kier alpha value is -0.620. The Balaban J connectivity index is 2.59. The van der Waals surface area contributed by atoms with Crippen LogP contribution < -0.4 is 4.72 Å². The summed E-state index contributed by atoms with van der Waals surface area (Å²) >= 11 is 0. The number of aliphatic carboxylic acids is 1. The Kier molecular flexibility index (Phi) is 3.72. The van der Waals surface area contributed by atoms with Crippen molar-refractivity contribution in [3.63, 3.8) is 0 Å². The number of hydrogen-bond donors (Lipinski definition) is 2. The molecule has 88 valence electrons. The highest BCUT2D eigenvalue weighted by molar-refractivity contribution is 7.90. The largest absolute Gasteiger partial charge is 0.480 e. The van der Waals surface area contributed by atoms with Crippen molar-refractivity contribution in [1.82, 2.24) is 4.72 Å². The van der Waals surface area contributed by atoms with Crippen LogP contribution >= 0.6 is 0 Å². The van der Waals surface area contributed by atoms with Gasteiger partial charge in [-0.15, -0.1) is 0 Å². The van der Waals surface area contributed by atoms with Crippen LogP contribution in [0.5, 0.6) is 0 Å². The molecule has 0 amide bonds. The lowest BCUT2D eigenvalue weighted by Crippen LogP contribution is -2.40. The summed E-state index contributed by atoms with van der Waals surface area (Å²) in [5.74, 6) is -1.40. The third kappa shape index (κ3) is 3.46. The zero-order chi connectivity index (χ0) is 11.6. The Morgan fingerprint density at radius 1 is 1.40 bits per heavy atom. The molecule has 0 aromatic heterocycles. The first-order valence-corrected chi connectivity index (χ1v) is 6.69. The van der Waals surface area contributed by atoms with Crippen LogP contribution in [-0.2, 0) is 14.8 Å². The molecule has 1 saturated carbocycles. The first-order valence-electron chi connectivity index (χ1n) is 5.03. The first kappa shape index (κ1) is 12.4. The molecule has 0 aromatic rings. The normalized spacial score (nSPS) is 31.7. The van der Waals surface area contributed by atoms with Gasteiger partial charge < -0.3 is 5.11 Å². The Labute approximate surface area is 89.9 Å². The third-order valence-corrected chi connectivity index (χ3v) is 4.40. The molecule has 3 atom stereocenters. The van der Waals surface area contributed by atoms with Gasteiger partial charge in [0.1, 0.15) is 0 Å². The van der Waals surface area contributed by atoms with Gasteiger partial charge in [-0.3, -0.25) is 4.79 Å². The number of carboxylic acids is 1. The summed E-state index contributed by atoms with van der Waals surface area (Å²) in [5, 5.41) is 8.42. The van der Waals surface area contributed by atoms with Crippen molar-refractivity contribution in [3.05, 3.63) is 0 Å². The van der Waals surface area contributed by atoms with Crippen LogP contribution in [0.25, 0.3) is 0 Å².